The molecule has 1 aromatic rings. The lowest BCUT2D eigenvalue weighted by atomic mass is 10.1. The Kier molecular flexibility index (Phi) is 7.90. The minimum atomic E-state index is 0.345. The van der Waals surface area contributed by atoms with E-state index in [1.807, 2.05) is 12.3 Å². The third-order valence-electron chi connectivity index (χ3n) is 3.07. The van der Waals surface area contributed by atoms with Gasteiger partial charge in [-0.25, -0.2) is 4.98 Å². The first kappa shape index (κ1) is 15.4. The molecule has 0 aliphatic heterocycles. The van der Waals surface area contributed by atoms with Gasteiger partial charge in [0.25, 0.3) is 0 Å². The van der Waals surface area contributed by atoms with Crippen LogP contribution in [0.15, 0.2) is 5.38 Å². The number of rotatable bonds is 10. The van der Waals surface area contributed by atoms with Crippen LogP contribution < -0.4 is 0 Å². The first-order chi connectivity index (χ1) is 8.72. The molecule has 0 fully saturated rings. The van der Waals surface area contributed by atoms with Crippen molar-refractivity contribution >= 4 is 17.1 Å². The molecule has 0 N–H and O–H groups in total. The van der Waals surface area contributed by atoms with Crippen LogP contribution in [0.5, 0.6) is 0 Å². The van der Waals surface area contributed by atoms with Crippen LogP contribution in [0, 0.1) is 6.92 Å². The van der Waals surface area contributed by atoms with Crippen molar-refractivity contribution in [3.05, 3.63) is 16.1 Å². The molecule has 0 aliphatic carbocycles. The van der Waals surface area contributed by atoms with Gasteiger partial charge in [0.15, 0.2) is 0 Å². The minimum absolute atomic E-state index is 0.345. The Labute approximate surface area is 115 Å². The molecule has 0 unspecified atom stereocenters. The van der Waals surface area contributed by atoms with Crippen molar-refractivity contribution in [2.75, 3.05) is 0 Å². The molecule has 102 valence electrons. The number of Topliss-reactive ketones (excluding diaryl/α,β-unsaturated/α-hetero) is 1. The predicted molar refractivity (Wildman–Crippen MR) is 78.2 cm³/mol. The maximum atomic E-state index is 11.7. The molecule has 1 aromatic heterocycles. The second-order valence-electron chi connectivity index (χ2n) is 4.97. The van der Waals surface area contributed by atoms with E-state index in [4.69, 9.17) is 0 Å². The van der Waals surface area contributed by atoms with Crippen molar-refractivity contribution in [2.24, 2.45) is 0 Å². The molecule has 0 saturated carbocycles. The number of ketones is 1. The van der Waals surface area contributed by atoms with Gasteiger partial charge in [-0.1, -0.05) is 45.4 Å². The first-order valence-electron chi connectivity index (χ1n) is 7.15. The normalized spacial score (nSPS) is 10.8. The monoisotopic (exact) mass is 267 g/mol. The molecule has 18 heavy (non-hydrogen) atoms. The van der Waals surface area contributed by atoms with Crippen molar-refractivity contribution in [3.63, 3.8) is 0 Å². The lowest BCUT2D eigenvalue weighted by molar-refractivity contribution is -0.118. The SMILES string of the molecule is CCCCCCCCCC(=O)Cc1nc(C)cs1. The maximum Gasteiger partial charge on any atom is 0.139 e. The number of hydrogen-bond acceptors (Lipinski definition) is 3. The lowest BCUT2D eigenvalue weighted by Gasteiger charge is -2.00. The van der Waals surface area contributed by atoms with Crippen LogP contribution in [-0.4, -0.2) is 10.8 Å². The van der Waals surface area contributed by atoms with Crippen LogP contribution in [-0.2, 0) is 11.2 Å². The molecule has 3 heteroatoms. The molecule has 0 saturated heterocycles. The van der Waals surface area contributed by atoms with Gasteiger partial charge in [0, 0.05) is 17.5 Å². The molecule has 0 atom stereocenters. The Morgan fingerprint density at radius 1 is 1.17 bits per heavy atom. The highest BCUT2D eigenvalue weighted by atomic mass is 32.1. The van der Waals surface area contributed by atoms with Gasteiger partial charge in [-0.05, 0) is 13.3 Å². The molecule has 0 radical (unpaired) electrons. The zero-order chi connectivity index (χ0) is 13.2. The smallest absolute Gasteiger partial charge is 0.139 e. The van der Waals surface area contributed by atoms with E-state index < -0.39 is 0 Å². The van der Waals surface area contributed by atoms with Crippen molar-refractivity contribution in [1.82, 2.24) is 4.98 Å². The van der Waals surface area contributed by atoms with E-state index >= 15 is 0 Å². The van der Waals surface area contributed by atoms with Gasteiger partial charge in [-0.2, -0.15) is 0 Å². The first-order valence-corrected chi connectivity index (χ1v) is 8.03. The van der Waals surface area contributed by atoms with Crippen molar-refractivity contribution in [3.8, 4) is 0 Å². The molecule has 0 aromatic carbocycles. The summed E-state index contributed by atoms with van der Waals surface area (Å²) in [6.07, 6.45) is 10.1. The van der Waals surface area contributed by atoms with Crippen LogP contribution in [0.25, 0.3) is 0 Å². The zero-order valence-corrected chi connectivity index (χ0v) is 12.5. The number of carbonyl (C=O) groups is 1. The van der Waals surface area contributed by atoms with Gasteiger partial charge in [0.05, 0.1) is 6.42 Å². The second kappa shape index (κ2) is 9.26. The van der Waals surface area contributed by atoms with Crippen molar-refractivity contribution in [2.45, 2.75) is 71.6 Å². The summed E-state index contributed by atoms with van der Waals surface area (Å²) in [6.45, 7) is 4.21. The molecular formula is C15H25NOS. The third-order valence-corrected chi connectivity index (χ3v) is 4.04. The fourth-order valence-corrected chi connectivity index (χ4v) is 2.82. The van der Waals surface area contributed by atoms with Crippen molar-refractivity contribution < 1.29 is 4.79 Å². The van der Waals surface area contributed by atoms with Gasteiger partial charge < -0.3 is 0 Å². The number of aromatic nitrogens is 1. The molecule has 1 rings (SSSR count). The number of thiazole rings is 1. The number of nitrogens with zero attached hydrogens (tertiary/aromatic N) is 1. The molecule has 2 nitrogen and oxygen atoms in total. The highest BCUT2D eigenvalue weighted by molar-refractivity contribution is 7.09. The van der Waals surface area contributed by atoms with Crippen LogP contribution in [0.2, 0.25) is 0 Å². The van der Waals surface area contributed by atoms with Crippen LogP contribution in [0.4, 0.5) is 0 Å². The lowest BCUT2D eigenvalue weighted by Crippen LogP contribution is -2.02. The average Bonchev–Trinajstić information content (AvgIpc) is 2.73. The summed E-state index contributed by atoms with van der Waals surface area (Å²) in [6, 6.07) is 0. The van der Waals surface area contributed by atoms with Crippen LogP contribution >= 0.6 is 11.3 Å². The average molecular weight is 267 g/mol. The van der Waals surface area contributed by atoms with E-state index in [2.05, 4.69) is 11.9 Å². The Bertz CT molecular complexity index is 346. The van der Waals surface area contributed by atoms with E-state index in [0.717, 1.165) is 23.5 Å². The topological polar surface area (TPSA) is 30.0 Å². The number of aryl methyl sites for hydroxylation is 1. The largest absolute Gasteiger partial charge is 0.299 e. The Balaban J connectivity index is 2.00. The number of carbonyl (C=O) groups excluding carboxylic acids is 1. The summed E-state index contributed by atoms with van der Waals surface area (Å²) >= 11 is 1.60. The van der Waals surface area contributed by atoms with Crippen LogP contribution in [0.1, 0.15) is 69.0 Å². The van der Waals surface area contributed by atoms with E-state index in [1.54, 1.807) is 11.3 Å². The summed E-state index contributed by atoms with van der Waals surface area (Å²) in [7, 11) is 0. The van der Waals surface area contributed by atoms with E-state index in [1.165, 1.54) is 38.5 Å². The molecule has 0 bridgehead atoms. The highest BCUT2D eigenvalue weighted by Crippen LogP contribution is 2.12. The molecule has 0 amide bonds. The van der Waals surface area contributed by atoms with E-state index in [0.29, 0.717) is 12.2 Å². The summed E-state index contributed by atoms with van der Waals surface area (Å²) in [4.78, 5) is 16.1. The Morgan fingerprint density at radius 2 is 1.83 bits per heavy atom. The quantitative estimate of drug-likeness (QED) is 0.575. The van der Waals surface area contributed by atoms with Gasteiger partial charge >= 0.3 is 0 Å². The maximum absolute atomic E-state index is 11.7. The highest BCUT2D eigenvalue weighted by Gasteiger charge is 2.06. The summed E-state index contributed by atoms with van der Waals surface area (Å²) in [5, 5.41) is 2.98. The predicted octanol–water partition coefficient (Wildman–Crippen LogP) is 4.70. The van der Waals surface area contributed by atoms with Gasteiger partial charge in [-0.3, -0.25) is 4.79 Å². The number of hydrogen-bond donors (Lipinski definition) is 0. The van der Waals surface area contributed by atoms with Gasteiger partial charge in [0.2, 0.25) is 0 Å². The fourth-order valence-electron chi connectivity index (χ4n) is 2.02. The minimum Gasteiger partial charge on any atom is -0.299 e. The van der Waals surface area contributed by atoms with Crippen molar-refractivity contribution in [1.29, 1.82) is 0 Å². The summed E-state index contributed by atoms with van der Waals surface area (Å²) in [5.74, 6) is 0.345. The standard InChI is InChI=1S/C15H25NOS/c1-3-4-5-6-7-8-9-10-14(17)11-15-16-13(2)12-18-15/h12H,3-11H2,1-2H3. The zero-order valence-electron chi connectivity index (χ0n) is 11.7. The molecule has 0 aliphatic rings. The molecular weight excluding hydrogens is 242 g/mol. The van der Waals surface area contributed by atoms with E-state index in [9.17, 15) is 4.79 Å². The Morgan fingerprint density at radius 3 is 2.44 bits per heavy atom. The summed E-state index contributed by atoms with van der Waals surface area (Å²) in [5.41, 5.74) is 1.03. The van der Waals surface area contributed by atoms with Gasteiger partial charge in [-0.15, -0.1) is 11.3 Å². The third kappa shape index (κ3) is 6.90. The fraction of sp³-hybridized carbons (Fsp3) is 0.733. The summed E-state index contributed by atoms with van der Waals surface area (Å²) < 4.78 is 0. The van der Waals surface area contributed by atoms with Gasteiger partial charge in [0.1, 0.15) is 10.8 Å². The van der Waals surface area contributed by atoms with Crippen LogP contribution in [0.3, 0.4) is 0 Å². The number of unbranched alkanes of at least 4 members (excludes halogenated alkanes) is 6. The van der Waals surface area contributed by atoms with E-state index in [-0.39, 0.29) is 0 Å². The molecule has 1 heterocycles. The second-order valence-corrected chi connectivity index (χ2v) is 5.91. The molecule has 0 spiro atoms. The Hall–Kier alpha value is -0.700.